The summed E-state index contributed by atoms with van der Waals surface area (Å²) >= 11 is 1.39. The third kappa shape index (κ3) is 6.25. The predicted octanol–water partition coefficient (Wildman–Crippen LogP) is 8.27. The standard InChI is InChI=1S/C19H11F2N2S.C12H10N.Ir/c1-11-2-4-12(5-3-11)18-19-16(22-10-23-18)9-17(24-19)14-7-6-13(20)8-15(14)21;1-10-6-5-9-12(13-10)11-7-3-2-4-8-11;/h2-4,6-10H,1H3;2-7,9H,1H3;/q2*-1;. The normalized spacial score (nSPS) is 10.4. The molecule has 3 heterocycles. The van der Waals surface area contributed by atoms with Crippen molar-refractivity contribution in [2.45, 2.75) is 13.8 Å². The Morgan fingerprint density at radius 3 is 2.39 bits per heavy atom. The molecule has 0 saturated carbocycles. The van der Waals surface area contributed by atoms with E-state index in [-0.39, 0.29) is 20.1 Å². The van der Waals surface area contributed by atoms with E-state index in [0.29, 0.717) is 10.4 Å². The predicted molar refractivity (Wildman–Crippen MR) is 145 cm³/mol. The van der Waals surface area contributed by atoms with Crippen LogP contribution in [0.3, 0.4) is 0 Å². The van der Waals surface area contributed by atoms with Gasteiger partial charge in [0.2, 0.25) is 0 Å². The Bertz CT molecular complexity index is 1670. The summed E-state index contributed by atoms with van der Waals surface area (Å²) in [6.07, 6.45) is 1.49. The average Bonchev–Trinajstić information content (AvgIpc) is 3.34. The molecular weight excluding hydrogens is 677 g/mol. The molecule has 38 heavy (non-hydrogen) atoms. The maximum atomic E-state index is 14.1. The average molecular weight is 698 g/mol. The van der Waals surface area contributed by atoms with E-state index in [1.165, 1.54) is 29.8 Å². The fraction of sp³-hybridized carbons (Fsp3) is 0.0645. The number of thiophene rings is 1. The second-order valence-corrected chi connectivity index (χ2v) is 9.44. The molecular formula is C31H21F2IrN3S-2. The molecule has 0 fully saturated rings. The van der Waals surface area contributed by atoms with Gasteiger partial charge in [-0.25, -0.2) is 13.8 Å². The number of halogens is 2. The summed E-state index contributed by atoms with van der Waals surface area (Å²) < 4.78 is 28.0. The Labute approximate surface area is 237 Å². The van der Waals surface area contributed by atoms with E-state index in [1.807, 2.05) is 74.5 Å². The van der Waals surface area contributed by atoms with Gasteiger partial charge < -0.3 is 4.98 Å². The van der Waals surface area contributed by atoms with Gasteiger partial charge in [0.05, 0.1) is 5.52 Å². The SMILES string of the molecule is Cc1c[c-]c(-c2ncnc3cc(-c4ccc(F)cc4F)sc23)cc1.Cc1cccc(-c2[c-]cccc2)n1.[Ir]. The topological polar surface area (TPSA) is 38.7 Å². The van der Waals surface area contributed by atoms with E-state index in [2.05, 4.69) is 27.1 Å². The molecule has 0 atom stereocenters. The first-order chi connectivity index (χ1) is 18.0. The molecule has 0 bridgehead atoms. The fourth-order valence-corrected chi connectivity index (χ4v) is 4.91. The van der Waals surface area contributed by atoms with Crippen molar-refractivity contribution in [3.8, 4) is 33.0 Å². The Morgan fingerprint density at radius 2 is 1.68 bits per heavy atom. The summed E-state index contributed by atoms with van der Waals surface area (Å²) in [6, 6.07) is 31.5. The van der Waals surface area contributed by atoms with Crippen LogP contribution < -0.4 is 0 Å². The van der Waals surface area contributed by atoms with Gasteiger partial charge in [-0.05, 0) is 36.9 Å². The van der Waals surface area contributed by atoms with Gasteiger partial charge in [-0.3, -0.25) is 4.98 Å². The number of pyridine rings is 1. The minimum atomic E-state index is -0.591. The number of aryl methyl sites for hydroxylation is 2. The van der Waals surface area contributed by atoms with Crippen molar-refractivity contribution in [3.63, 3.8) is 0 Å². The van der Waals surface area contributed by atoms with Gasteiger partial charge in [-0.1, -0.05) is 19.1 Å². The summed E-state index contributed by atoms with van der Waals surface area (Å²) in [6.45, 7) is 3.99. The van der Waals surface area contributed by atoms with E-state index in [4.69, 9.17) is 0 Å². The number of hydrogen-bond donors (Lipinski definition) is 0. The molecule has 3 aromatic carbocycles. The van der Waals surface area contributed by atoms with E-state index in [0.717, 1.165) is 50.1 Å². The molecule has 0 aliphatic carbocycles. The van der Waals surface area contributed by atoms with E-state index >= 15 is 0 Å². The Hall–Kier alpha value is -3.64. The number of fused-ring (bicyclic) bond motifs is 1. The van der Waals surface area contributed by atoms with Gasteiger partial charge in [0.25, 0.3) is 0 Å². The molecule has 0 saturated heterocycles. The maximum absolute atomic E-state index is 14.1. The fourth-order valence-electron chi connectivity index (χ4n) is 3.76. The van der Waals surface area contributed by atoms with Gasteiger partial charge in [-0.2, -0.15) is 0 Å². The maximum Gasteiger partial charge on any atom is 0.134 e. The summed E-state index contributed by atoms with van der Waals surface area (Å²) in [4.78, 5) is 13.7. The van der Waals surface area contributed by atoms with Crippen molar-refractivity contribution in [2.75, 3.05) is 0 Å². The quantitative estimate of drug-likeness (QED) is 0.175. The molecule has 3 nitrogen and oxygen atoms in total. The number of rotatable bonds is 3. The Balaban J connectivity index is 0.000000204. The summed E-state index contributed by atoms with van der Waals surface area (Å²) in [7, 11) is 0. The zero-order valence-electron chi connectivity index (χ0n) is 20.5. The van der Waals surface area contributed by atoms with Crippen LogP contribution in [0.4, 0.5) is 8.78 Å². The second-order valence-electron chi connectivity index (χ2n) is 8.39. The summed E-state index contributed by atoms with van der Waals surface area (Å²) in [5, 5.41) is 0. The minimum absolute atomic E-state index is 0. The van der Waals surface area contributed by atoms with Gasteiger partial charge in [0, 0.05) is 52.7 Å². The second kappa shape index (κ2) is 12.3. The van der Waals surface area contributed by atoms with Crippen LogP contribution in [0.5, 0.6) is 0 Å². The largest absolute Gasteiger partial charge is 0.302 e. The number of aromatic nitrogens is 3. The van der Waals surface area contributed by atoms with Crippen LogP contribution in [-0.4, -0.2) is 15.0 Å². The van der Waals surface area contributed by atoms with E-state index in [1.54, 1.807) is 6.07 Å². The molecule has 6 rings (SSSR count). The van der Waals surface area contributed by atoms with Crippen molar-refractivity contribution in [3.05, 3.63) is 126 Å². The first-order valence-corrected chi connectivity index (χ1v) is 12.4. The van der Waals surface area contributed by atoms with Crippen LogP contribution in [0.1, 0.15) is 11.3 Å². The summed E-state index contributed by atoms with van der Waals surface area (Å²) in [5.41, 5.74) is 6.90. The molecule has 0 amide bonds. The van der Waals surface area contributed by atoms with Crippen LogP contribution >= 0.6 is 11.3 Å². The van der Waals surface area contributed by atoms with Crippen LogP contribution in [0.2, 0.25) is 0 Å². The van der Waals surface area contributed by atoms with E-state index in [9.17, 15) is 8.78 Å². The minimum Gasteiger partial charge on any atom is -0.302 e. The van der Waals surface area contributed by atoms with Gasteiger partial charge in [0.1, 0.15) is 18.0 Å². The van der Waals surface area contributed by atoms with Gasteiger partial charge >= 0.3 is 0 Å². The van der Waals surface area contributed by atoms with Crippen LogP contribution in [-0.2, 0) is 20.1 Å². The van der Waals surface area contributed by atoms with Crippen molar-refractivity contribution >= 4 is 21.6 Å². The molecule has 6 aromatic rings. The van der Waals surface area contributed by atoms with Crippen molar-refractivity contribution in [2.24, 2.45) is 0 Å². The summed E-state index contributed by atoms with van der Waals surface area (Å²) in [5.74, 6) is -1.18. The molecule has 0 aliphatic rings. The monoisotopic (exact) mass is 698 g/mol. The first kappa shape index (κ1) is 27.4. The van der Waals surface area contributed by atoms with Crippen LogP contribution in [0.25, 0.3) is 43.2 Å². The molecule has 1 radical (unpaired) electrons. The third-order valence-electron chi connectivity index (χ3n) is 5.60. The molecule has 0 aliphatic heterocycles. The number of benzene rings is 3. The molecule has 0 unspecified atom stereocenters. The third-order valence-corrected chi connectivity index (χ3v) is 6.77. The number of hydrogen-bond acceptors (Lipinski definition) is 4. The van der Waals surface area contributed by atoms with Gasteiger partial charge in [-0.15, -0.1) is 82.6 Å². The van der Waals surface area contributed by atoms with Crippen molar-refractivity contribution in [1.82, 2.24) is 15.0 Å². The Morgan fingerprint density at radius 1 is 0.816 bits per heavy atom. The van der Waals surface area contributed by atoms with Crippen LogP contribution in [0.15, 0.2) is 91.3 Å². The van der Waals surface area contributed by atoms with Crippen molar-refractivity contribution < 1.29 is 28.9 Å². The Kier molecular flexibility index (Phi) is 8.84. The first-order valence-electron chi connectivity index (χ1n) is 11.6. The van der Waals surface area contributed by atoms with Gasteiger partial charge in [0.15, 0.2) is 0 Å². The molecule has 3 aromatic heterocycles. The molecule has 7 heteroatoms. The molecule has 0 N–H and O–H groups in total. The molecule has 0 spiro atoms. The zero-order valence-corrected chi connectivity index (χ0v) is 23.7. The smallest absolute Gasteiger partial charge is 0.134 e. The molecule has 191 valence electrons. The number of nitrogens with zero attached hydrogens (tertiary/aromatic N) is 3. The van der Waals surface area contributed by atoms with Crippen LogP contribution in [0, 0.1) is 37.6 Å². The van der Waals surface area contributed by atoms with E-state index < -0.39 is 11.6 Å². The van der Waals surface area contributed by atoms with Crippen molar-refractivity contribution in [1.29, 1.82) is 0 Å². The zero-order chi connectivity index (χ0) is 25.8.